The molecule has 0 radical (unpaired) electrons. The second-order valence-electron chi connectivity index (χ2n) is 3.75. The summed E-state index contributed by atoms with van der Waals surface area (Å²) in [6.45, 7) is 0. The van der Waals surface area contributed by atoms with Crippen molar-refractivity contribution in [1.29, 1.82) is 0 Å². The second-order valence-corrected chi connectivity index (χ2v) is 4.84. The predicted molar refractivity (Wildman–Crippen MR) is 71.5 cm³/mol. The van der Waals surface area contributed by atoms with E-state index in [1.165, 1.54) is 0 Å². The van der Waals surface area contributed by atoms with E-state index >= 15 is 0 Å². The van der Waals surface area contributed by atoms with Gasteiger partial charge in [-0.25, -0.2) is 0 Å². The van der Waals surface area contributed by atoms with E-state index < -0.39 is 8.38 Å². The topological polar surface area (TPSA) is 88.9 Å². The first-order chi connectivity index (χ1) is 8.69. The van der Waals surface area contributed by atoms with Crippen LogP contribution in [0.5, 0.6) is 0 Å². The van der Waals surface area contributed by atoms with Crippen molar-refractivity contribution in [2.45, 2.75) is 6.42 Å². The molecule has 0 bridgehead atoms. The van der Waals surface area contributed by atoms with Crippen LogP contribution in [0.3, 0.4) is 0 Å². The zero-order valence-electron chi connectivity index (χ0n) is 9.48. The Balaban J connectivity index is 2.05. The third-order valence-electron chi connectivity index (χ3n) is 2.50. The van der Waals surface area contributed by atoms with Crippen molar-refractivity contribution < 1.29 is 14.6 Å². The van der Waals surface area contributed by atoms with Crippen LogP contribution in [0, 0.1) is 0 Å². The van der Waals surface area contributed by atoms with Gasteiger partial charge in [0.05, 0.1) is 6.42 Å². The number of benzene rings is 1. The molecule has 1 aromatic carbocycles. The highest BCUT2D eigenvalue weighted by Gasteiger charge is 2.08. The molecule has 5 nitrogen and oxygen atoms in total. The Morgan fingerprint density at radius 3 is 2.39 bits per heavy atom. The van der Waals surface area contributed by atoms with Crippen LogP contribution in [0.4, 0.5) is 5.69 Å². The zero-order valence-corrected chi connectivity index (χ0v) is 10.4. The van der Waals surface area contributed by atoms with Gasteiger partial charge in [0.2, 0.25) is 0 Å². The summed E-state index contributed by atoms with van der Waals surface area (Å²) < 4.78 is 0. The highest BCUT2D eigenvalue weighted by atomic mass is 31.2. The smallest absolute Gasteiger partial charge is 0.295 e. The minimum absolute atomic E-state index is 0.512. The van der Waals surface area contributed by atoms with Crippen LogP contribution in [0.2, 0.25) is 0 Å². The van der Waals surface area contributed by atoms with Gasteiger partial charge in [0, 0.05) is 22.8 Å². The van der Waals surface area contributed by atoms with Crippen LogP contribution < -0.4 is 10.6 Å². The monoisotopic (exact) mass is 261 g/mol. The van der Waals surface area contributed by atoms with Crippen LogP contribution in [0.25, 0.3) is 5.53 Å². The highest BCUT2D eigenvalue weighted by Crippen LogP contribution is 2.23. The van der Waals surface area contributed by atoms with Gasteiger partial charge in [-0.05, 0) is 36.4 Å². The highest BCUT2D eigenvalue weighted by molar-refractivity contribution is 7.54. The largest absolute Gasteiger partial charge is 0.361 e. The van der Waals surface area contributed by atoms with Gasteiger partial charge in [-0.2, -0.15) is 4.79 Å². The van der Waals surface area contributed by atoms with E-state index in [2.05, 4.69) is 10.1 Å². The van der Waals surface area contributed by atoms with Gasteiger partial charge < -0.3 is 20.6 Å². The standard InChI is InChI=1S/C12H12N3O2P/c13-15-11-3-1-9(2-4-11)14-10-5-7-12(8-6-10)18(16)17/h1-3,5-8,14,16-17H,4H2. The summed E-state index contributed by atoms with van der Waals surface area (Å²) in [5.74, 6) is 0. The van der Waals surface area contributed by atoms with E-state index in [-0.39, 0.29) is 0 Å². The van der Waals surface area contributed by atoms with Crippen LogP contribution in [-0.2, 0) is 0 Å². The molecule has 0 aromatic heterocycles. The number of nitrogens with one attached hydrogen (secondary N) is 1. The van der Waals surface area contributed by atoms with Crippen molar-refractivity contribution in [3.8, 4) is 0 Å². The Morgan fingerprint density at radius 2 is 1.89 bits per heavy atom. The van der Waals surface area contributed by atoms with Crippen molar-refractivity contribution in [2.75, 3.05) is 5.32 Å². The average molecular weight is 261 g/mol. The lowest BCUT2D eigenvalue weighted by Crippen LogP contribution is -2.06. The minimum Gasteiger partial charge on any atom is -0.361 e. The molecular formula is C12H12N3O2P. The molecule has 1 aliphatic carbocycles. The molecule has 3 N–H and O–H groups in total. The Morgan fingerprint density at radius 1 is 1.17 bits per heavy atom. The third-order valence-corrected chi connectivity index (χ3v) is 3.26. The summed E-state index contributed by atoms with van der Waals surface area (Å²) in [5, 5.41) is 3.69. The zero-order chi connectivity index (χ0) is 13.0. The van der Waals surface area contributed by atoms with Gasteiger partial charge in [0.15, 0.2) is 8.38 Å². The van der Waals surface area contributed by atoms with E-state index in [0.29, 0.717) is 17.4 Å². The fraction of sp³-hybridized carbons (Fsp3) is 0.0833. The molecule has 1 aliphatic rings. The maximum atomic E-state index is 9.03. The fourth-order valence-corrected chi connectivity index (χ4v) is 1.96. The number of rotatable bonds is 3. The van der Waals surface area contributed by atoms with Crippen LogP contribution >= 0.6 is 8.38 Å². The molecule has 0 spiro atoms. The summed E-state index contributed by atoms with van der Waals surface area (Å²) in [6.07, 6.45) is 6.04. The van der Waals surface area contributed by atoms with E-state index in [4.69, 9.17) is 15.3 Å². The van der Waals surface area contributed by atoms with Gasteiger partial charge in [-0.15, -0.1) is 0 Å². The number of nitrogens with zero attached hydrogens (tertiary/aromatic N) is 2. The third kappa shape index (κ3) is 3.13. The van der Waals surface area contributed by atoms with E-state index in [1.807, 2.05) is 12.2 Å². The first-order valence-corrected chi connectivity index (χ1v) is 6.58. The lowest BCUT2D eigenvalue weighted by Gasteiger charge is -2.10. The van der Waals surface area contributed by atoms with Gasteiger partial charge in [-0.3, -0.25) is 0 Å². The van der Waals surface area contributed by atoms with Crippen molar-refractivity contribution in [3.63, 3.8) is 0 Å². The lowest BCUT2D eigenvalue weighted by molar-refractivity contribution is -0.00540. The molecule has 0 atom stereocenters. The summed E-state index contributed by atoms with van der Waals surface area (Å²) in [4.78, 5) is 21.2. The first-order valence-electron chi connectivity index (χ1n) is 5.33. The van der Waals surface area contributed by atoms with Gasteiger partial charge in [0.1, 0.15) is 0 Å². The number of anilines is 1. The molecule has 0 fully saturated rings. The first kappa shape index (κ1) is 12.7. The predicted octanol–water partition coefficient (Wildman–Crippen LogP) is 1.53. The average Bonchev–Trinajstić information content (AvgIpc) is 2.40. The van der Waals surface area contributed by atoms with E-state index in [0.717, 1.165) is 11.4 Å². The Bertz CT molecular complexity index is 543. The molecule has 2 rings (SSSR count). The maximum absolute atomic E-state index is 9.03. The quantitative estimate of drug-likeness (QED) is 0.438. The maximum Gasteiger partial charge on any atom is 0.295 e. The van der Waals surface area contributed by atoms with Gasteiger partial charge in [-0.1, -0.05) is 0 Å². The molecule has 1 aromatic rings. The number of hydrogen-bond donors (Lipinski definition) is 3. The van der Waals surface area contributed by atoms with Crippen LogP contribution in [0.15, 0.2) is 48.2 Å². The van der Waals surface area contributed by atoms with Gasteiger partial charge in [0.25, 0.3) is 5.71 Å². The summed E-state index contributed by atoms with van der Waals surface area (Å²) in [5.41, 5.74) is 11.0. The SMILES string of the molecule is [N-]=[N+]=C1C=CC(Nc2ccc(P(O)O)cc2)=CC1. The van der Waals surface area contributed by atoms with Gasteiger partial charge >= 0.3 is 0 Å². The van der Waals surface area contributed by atoms with Crippen molar-refractivity contribution >= 4 is 25.1 Å². The summed E-state index contributed by atoms with van der Waals surface area (Å²) in [6, 6.07) is 6.90. The Kier molecular flexibility index (Phi) is 4.03. The minimum atomic E-state index is -2.04. The van der Waals surface area contributed by atoms with Crippen molar-refractivity contribution in [3.05, 3.63) is 53.7 Å². The molecule has 0 unspecified atom stereocenters. The second kappa shape index (κ2) is 5.71. The molecular weight excluding hydrogens is 249 g/mol. The Labute approximate surface area is 106 Å². The molecule has 18 heavy (non-hydrogen) atoms. The molecule has 0 amide bonds. The lowest BCUT2D eigenvalue weighted by atomic mass is 10.1. The van der Waals surface area contributed by atoms with Crippen molar-refractivity contribution in [1.82, 2.24) is 0 Å². The fourth-order valence-electron chi connectivity index (χ4n) is 1.55. The number of hydrogen-bond acceptors (Lipinski definition) is 3. The molecule has 0 saturated carbocycles. The summed E-state index contributed by atoms with van der Waals surface area (Å²) >= 11 is 0. The number of allylic oxidation sites excluding steroid dienone is 3. The molecule has 0 aliphatic heterocycles. The molecule has 6 heteroatoms. The Hall–Kier alpha value is -1.77. The molecule has 0 saturated heterocycles. The van der Waals surface area contributed by atoms with Crippen LogP contribution in [-0.4, -0.2) is 20.3 Å². The molecule has 0 heterocycles. The van der Waals surface area contributed by atoms with Crippen molar-refractivity contribution in [2.24, 2.45) is 0 Å². The normalized spacial score (nSPS) is 14.4. The van der Waals surface area contributed by atoms with Crippen LogP contribution in [0.1, 0.15) is 6.42 Å². The van der Waals surface area contributed by atoms with E-state index in [1.54, 1.807) is 30.3 Å². The summed E-state index contributed by atoms with van der Waals surface area (Å²) in [7, 11) is -2.04. The van der Waals surface area contributed by atoms with E-state index in [9.17, 15) is 0 Å². The molecule has 92 valence electrons.